The van der Waals surface area contributed by atoms with E-state index in [0.717, 1.165) is 23.7 Å². The lowest BCUT2D eigenvalue weighted by atomic mass is 9.74. The van der Waals surface area contributed by atoms with Gasteiger partial charge in [-0.15, -0.1) is 0 Å². The maximum Gasteiger partial charge on any atom is -0.0162 e. The smallest absolute Gasteiger partial charge is 0.0162 e. The van der Waals surface area contributed by atoms with Crippen LogP contribution < -0.4 is 0 Å². The Kier molecular flexibility index (Phi) is 5.49. The molecular formula is C23H36. The zero-order valence-corrected chi connectivity index (χ0v) is 15.8. The van der Waals surface area contributed by atoms with Gasteiger partial charge in [0.1, 0.15) is 0 Å². The summed E-state index contributed by atoms with van der Waals surface area (Å²) in [5.41, 5.74) is 6.09. The average Bonchev–Trinajstić information content (AvgIpc) is 2.79. The molecule has 0 heteroatoms. The van der Waals surface area contributed by atoms with E-state index in [1.54, 1.807) is 5.56 Å². The second-order valence-corrected chi connectivity index (χ2v) is 8.76. The molecule has 0 saturated heterocycles. The lowest BCUT2D eigenvalue weighted by Gasteiger charge is -2.32. The Morgan fingerprint density at radius 2 is 1.26 bits per heavy atom. The first-order valence-electron chi connectivity index (χ1n) is 10.1. The summed E-state index contributed by atoms with van der Waals surface area (Å²) in [6.45, 7) is 9.28. The van der Waals surface area contributed by atoms with Crippen molar-refractivity contribution in [3.63, 3.8) is 0 Å². The molecule has 0 N–H and O–H groups in total. The molecule has 2 saturated carbocycles. The van der Waals surface area contributed by atoms with Crippen LogP contribution in [0.15, 0.2) is 12.1 Å². The van der Waals surface area contributed by atoms with Gasteiger partial charge in [-0.25, -0.2) is 0 Å². The molecule has 2 atom stereocenters. The van der Waals surface area contributed by atoms with E-state index in [4.69, 9.17) is 0 Å². The standard InChI is InChI=1S/C23H36/c1-16-8-10-22(11-9-16)20-6-5-7-21(13-12-20)23-14-17(2)19(4)18(3)15-23/h14-16,20-22H,5-13H2,1-4H3. The molecule has 2 aliphatic rings. The van der Waals surface area contributed by atoms with Crippen molar-refractivity contribution in [1.29, 1.82) is 0 Å². The van der Waals surface area contributed by atoms with Gasteiger partial charge < -0.3 is 0 Å². The molecule has 0 nitrogen and oxygen atoms in total. The van der Waals surface area contributed by atoms with Crippen LogP contribution in [0.2, 0.25) is 0 Å². The number of benzene rings is 1. The second kappa shape index (κ2) is 7.41. The van der Waals surface area contributed by atoms with Gasteiger partial charge in [0, 0.05) is 0 Å². The van der Waals surface area contributed by atoms with Crippen LogP contribution in [-0.2, 0) is 0 Å². The van der Waals surface area contributed by atoms with Gasteiger partial charge in [0.2, 0.25) is 0 Å². The van der Waals surface area contributed by atoms with Gasteiger partial charge in [-0.1, -0.05) is 44.7 Å². The lowest BCUT2D eigenvalue weighted by Crippen LogP contribution is -2.20. The monoisotopic (exact) mass is 312 g/mol. The topological polar surface area (TPSA) is 0 Å². The van der Waals surface area contributed by atoms with E-state index in [1.165, 1.54) is 74.5 Å². The summed E-state index contributed by atoms with van der Waals surface area (Å²) in [5.74, 6) is 3.88. The van der Waals surface area contributed by atoms with E-state index in [2.05, 4.69) is 39.8 Å². The molecule has 0 heterocycles. The number of aryl methyl sites for hydroxylation is 2. The molecule has 0 aromatic heterocycles. The Hall–Kier alpha value is -0.780. The fourth-order valence-corrected chi connectivity index (χ4v) is 5.20. The maximum atomic E-state index is 2.48. The molecule has 0 aliphatic heterocycles. The summed E-state index contributed by atoms with van der Waals surface area (Å²) < 4.78 is 0. The Morgan fingerprint density at radius 3 is 1.91 bits per heavy atom. The van der Waals surface area contributed by atoms with Crippen molar-refractivity contribution in [1.82, 2.24) is 0 Å². The zero-order valence-electron chi connectivity index (χ0n) is 15.8. The van der Waals surface area contributed by atoms with Gasteiger partial charge >= 0.3 is 0 Å². The van der Waals surface area contributed by atoms with Crippen molar-refractivity contribution in [2.45, 2.75) is 91.4 Å². The molecule has 2 aliphatic carbocycles. The molecule has 128 valence electrons. The predicted molar refractivity (Wildman–Crippen MR) is 101 cm³/mol. The normalized spacial score (nSPS) is 32.5. The highest BCUT2D eigenvalue weighted by atomic mass is 14.3. The van der Waals surface area contributed by atoms with Crippen LogP contribution in [0.4, 0.5) is 0 Å². The highest BCUT2D eigenvalue weighted by molar-refractivity contribution is 5.38. The van der Waals surface area contributed by atoms with Crippen LogP contribution in [0.1, 0.15) is 92.9 Å². The quantitative estimate of drug-likeness (QED) is 0.511. The van der Waals surface area contributed by atoms with E-state index in [0.29, 0.717) is 0 Å². The first-order chi connectivity index (χ1) is 11.0. The SMILES string of the molecule is Cc1cc(C2CCCC(C3CCC(C)CC3)CC2)cc(C)c1C. The van der Waals surface area contributed by atoms with Crippen molar-refractivity contribution in [3.05, 3.63) is 34.4 Å². The minimum atomic E-state index is 0.820. The number of hydrogen-bond donors (Lipinski definition) is 0. The van der Waals surface area contributed by atoms with Gasteiger partial charge in [0.15, 0.2) is 0 Å². The highest BCUT2D eigenvalue weighted by Gasteiger charge is 2.28. The van der Waals surface area contributed by atoms with E-state index in [9.17, 15) is 0 Å². The van der Waals surface area contributed by atoms with Gasteiger partial charge in [0.25, 0.3) is 0 Å². The second-order valence-electron chi connectivity index (χ2n) is 8.76. The van der Waals surface area contributed by atoms with E-state index >= 15 is 0 Å². The molecule has 1 aromatic rings. The fourth-order valence-electron chi connectivity index (χ4n) is 5.20. The van der Waals surface area contributed by atoms with Crippen LogP contribution in [0, 0.1) is 38.5 Å². The summed E-state index contributed by atoms with van der Waals surface area (Å²) >= 11 is 0. The summed E-state index contributed by atoms with van der Waals surface area (Å²) in [7, 11) is 0. The van der Waals surface area contributed by atoms with E-state index < -0.39 is 0 Å². The molecule has 2 unspecified atom stereocenters. The first-order valence-corrected chi connectivity index (χ1v) is 10.1. The van der Waals surface area contributed by atoms with E-state index in [1.807, 2.05) is 0 Å². The average molecular weight is 313 g/mol. The predicted octanol–water partition coefficient (Wildman–Crippen LogP) is 7.10. The number of hydrogen-bond acceptors (Lipinski definition) is 0. The van der Waals surface area contributed by atoms with Gasteiger partial charge in [0.05, 0.1) is 0 Å². The summed E-state index contributed by atoms with van der Waals surface area (Å²) in [6, 6.07) is 4.96. The molecule has 1 aromatic carbocycles. The fraction of sp³-hybridized carbons (Fsp3) is 0.739. The minimum Gasteiger partial charge on any atom is -0.0625 e. The van der Waals surface area contributed by atoms with Crippen molar-refractivity contribution in [2.75, 3.05) is 0 Å². The van der Waals surface area contributed by atoms with Gasteiger partial charge in [-0.05, 0) is 98.8 Å². The summed E-state index contributed by atoms with van der Waals surface area (Å²) in [5, 5.41) is 0. The molecular weight excluding hydrogens is 276 g/mol. The highest BCUT2D eigenvalue weighted by Crippen LogP contribution is 2.42. The molecule has 0 bridgehead atoms. The molecule has 2 fully saturated rings. The lowest BCUT2D eigenvalue weighted by molar-refractivity contribution is 0.196. The minimum absolute atomic E-state index is 0.820. The third kappa shape index (κ3) is 4.01. The Bertz CT molecular complexity index is 496. The van der Waals surface area contributed by atoms with E-state index in [-0.39, 0.29) is 0 Å². The van der Waals surface area contributed by atoms with Crippen LogP contribution in [0.5, 0.6) is 0 Å². The van der Waals surface area contributed by atoms with Crippen molar-refractivity contribution in [2.24, 2.45) is 17.8 Å². The summed E-state index contributed by atoms with van der Waals surface area (Å²) in [6.07, 6.45) is 13.3. The number of rotatable bonds is 2. The molecule has 0 spiro atoms. The van der Waals surface area contributed by atoms with Crippen LogP contribution in [0.3, 0.4) is 0 Å². The molecule has 0 amide bonds. The van der Waals surface area contributed by atoms with Gasteiger partial charge in [-0.3, -0.25) is 0 Å². The third-order valence-corrected chi connectivity index (χ3v) is 7.16. The Morgan fingerprint density at radius 1 is 0.696 bits per heavy atom. The van der Waals surface area contributed by atoms with Crippen molar-refractivity contribution in [3.8, 4) is 0 Å². The molecule has 0 radical (unpaired) electrons. The maximum absolute atomic E-state index is 2.48. The summed E-state index contributed by atoms with van der Waals surface area (Å²) in [4.78, 5) is 0. The Balaban J connectivity index is 1.64. The third-order valence-electron chi connectivity index (χ3n) is 7.16. The van der Waals surface area contributed by atoms with Crippen LogP contribution in [-0.4, -0.2) is 0 Å². The van der Waals surface area contributed by atoms with Crippen LogP contribution >= 0.6 is 0 Å². The molecule has 23 heavy (non-hydrogen) atoms. The first kappa shape index (κ1) is 17.1. The zero-order chi connectivity index (χ0) is 16.4. The largest absolute Gasteiger partial charge is 0.0625 e. The van der Waals surface area contributed by atoms with Crippen molar-refractivity contribution >= 4 is 0 Å². The van der Waals surface area contributed by atoms with Crippen LogP contribution in [0.25, 0.3) is 0 Å². The Labute approximate surface area is 144 Å². The molecule has 3 rings (SSSR count). The van der Waals surface area contributed by atoms with Crippen molar-refractivity contribution < 1.29 is 0 Å². The van der Waals surface area contributed by atoms with Gasteiger partial charge in [-0.2, -0.15) is 0 Å².